The van der Waals surface area contributed by atoms with Gasteiger partial charge in [-0.05, 0) is 18.6 Å². The van der Waals surface area contributed by atoms with Gasteiger partial charge in [0.05, 0.1) is 4.92 Å². The van der Waals surface area contributed by atoms with Gasteiger partial charge < -0.3 is 5.11 Å². The van der Waals surface area contributed by atoms with E-state index in [-0.39, 0.29) is 5.69 Å². The molecule has 0 saturated heterocycles. The normalized spacial score (nSPS) is 10.4. The lowest BCUT2D eigenvalue weighted by Gasteiger charge is -1.98. The van der Waals surface area contributed by atoms with Crippen LogP contribution in [0.3, 0.4) is 0 Å². The van der Waals surface area contributed by atoms with E-state index in [9.17, 15) is 19.7 Å². The highest BCUT2D eigenvalue weighted by atomic mass is 16.6. The van der Waals surface area contributed by atoms with Gasteiger partial charge in [-0.1, -0.05) is 18.2 Å². The van der Waals surface area contributed by atoms with Gasteiger partial charge in [0.15, 0.2) is 0 Å². The van der Waals surface area contributed by atoms with Crippen LogP contribution in [0.1, 0.15) is 11.1 Å². The summed E-state index contributed by atoms with van der Waals surface area (Å²) < 4.78 is 0. The number of benzene rings is 1. The third-order valence-electron chi connectivity index (χ3n) is 2.07. The molecule has 0 aliphatic rings. The number of hydrogen-bond acceptors (Lipinski definition) is 4. The maximum Gasteiger partial charge on any atom is 0.376 e. The summed E-state index contributed by atoms with van der Waals surface area (Å²) >= 11 is 0. The molecule has 0 fully saturated rings. The van der Waals surface area contributed by atoms with E-state index in [1.807, 2.05) is 0 Å². The third-order valence-corrected chi connectivity index (χ3v) is 2.07. The van der Waals surface area contributed by atoms with E-state index in [0.717, 1.165) is 6.08 Å². The second-order valence-electron chi connectivity index (χ2n) is 3.31. The van der Waals surface area contributed by atoms with E-state index < -0.39 is 16.7 Å². The van der Waals surface area contributed by atoms with Gasteiger partial charge >= 0.3 is 5.97 Å². The number of nitrogens with zero attached hydrogens (tertiary/aromatic N) is 1. The zero-order chi connectivity index (χ0) is 13.0. The van der Waals surface area contributed by atoms with Crippen molar-refractivity contribution in [1.29, 1.82) is 0 Å². The Labute approximate surface area is 96.3 Å². The van der Waals surface area contributed by atoms with E-state index in [4.69, 9.17) is 5.11 Å². The first-order valence-electron chi connectivity index (χ1n) is 4.62. The van der Waals surface area contributed by atoms with Crippen molar-refractivity contribution in [2.24, 2.45) is 0 Å². The van der Waals surface area contributed by atoms with Gasteiger partial charge in [0.2, 0.25) is 0 Å². The molecule has 0 aliphatic carbocycles. The summed E-state index contributed by atoms with van der Waals surface area (Å²) in [7, 11) is 0. The van der Waals surface area contributed by atoms with Gasteiger partial charge in [-0.2, -0.15) is 0 Å². The summed E-state index contributed by atoms with van der Waals surface area (Å²) in [6.07, 6.45) is 2.08. The van der Waals surface area contributed by atoms with E-state index in [0.29, 0.717) is 11.1 Å². The molecule has 1 N–H and O–H groups in total. The fraction of sp³-hybridized carbons (Fsp3) is 0.0909. The van der Waals surface area contributed by atoms with E-state index in [1.165, 1.54) is 18.2 Å². The first-order valence-corrected chi connectivity index (χ1v) is 4.62. The molecular formula is C11H9NO5. The Bertz CT molecular complexity index is 519. The molecule has 1 aromatic carbocycles. The molecule has 0 aromatic heterocycles. The first kappa shape index (κ1) is 12.6. The quantitative estimate of drug-likeness (QED) is 0.369. The Morgan fingerprint density at radius 1 is 1.41 bits per heavy atom. The molecule has 0 amide bonds. The highest BCUT2D eigenvalue weighted by Gasteiger charge is 2.10. The van der Waals surface area contributed by atoms with Crippen LogP contribution >= 0.6 is 0 Å². The van der Waals surface area contributed by atoms with Crippen LogP contribution < -0.4 is 0 Å². The Hall–Kier alpha value is -2.50. The Kier molecular flexibility index (Phi) is 3.71. The number of nitro groups is 1. The minimum Gasteiger partial charge on any atom is -0.475 e. The molecule has 17 heavy (non-hydrogen) atoms. The van der Waals surface area contributed by atoms with Crippen molar-refractivity contribution in [3.8, 4) is 0 Å². The Balaban J connectivity index is 3.01. The van der Waals surface area contributed by atoms with Crippen LogP contribution in [0.25, 0.3) is 6.08 Å². The maximum atomic E-state index is 10.8. The largest absolute Gasteiger partial charge is 0.475 e. The zero-order valence-electron chi connectivity index (χ0n) is 8.91. The van der Waals surface area contributed by atoms with Gasteiger partial charge in [0.25, 0.3) is 11.5 Å². The molecule has 1 rings (SSSR count). The average molecular weight is 235 g/mol. The topological polar surface area (TPSA) is 97.5 Å². The van der Waals surface area contributed by atoms with Crippen LogP contribution in [0.5, 0.6) is 0 Å². The molecule has 0 spiro atoms. The van der Waals surface area contributed by atoms with E-state index in [1.54, 1.807) is 13.0 Å². The minimum atomic E-state index is -1.57. The van der Waals surface area contributed by atoms with Crippen molar-refractivity contribution in [3.63, 3.8) is 0 Å². The minimum absolute atomic E-state index is 0.0741. The highest BCUT2D eigenvalue weighted by Crippen LogP contribution is 2.19. The van der Waals surface area contributed by atoms with Crippen molar-refractivity contribution in [2.45, 2.75) is 6.92 Å². The third kappa shape index (κ3) is 3.23. The maximum absolute atomic E-state index is 10.8. The molecular weight excluding hydrogens is 226 g/mol. The molecule has 0 aliphatic heterocycles. The number of carboxylic acids is 1. The summed E-state index contributed by atoms with van der Waals surface area (Å²) in [4.78, 5) is 31.1. The molecule has 0 saturated carbocycles. The number of hydrogen-bond donors (Lipinski definition) is 1. The van der Waals surface area contributed by atoms with Gasteiger partial charge in [0.1, 0.15) is 0 Å². The van der Waals surface area contributed by atoms with E-state index in [2.05, 4.69) is 0 Å². The zero-order valence-corrected chi connectivity index (χ0v) is 8.91. The standard InChI is InChI=1S/C11H9NO5/c1-7-2-3-8(6-9(7)12(16)17)4-5-10(13)11(14)15/h2-6H,1H3,(H,14,15)/b5-4+. The molecule has 88 valence electrons. The fourth-order valence-corrected chi connectivity index (χ4v) is 1.17. The predicted octanol–water partition coefficient (Wildman–Crippen LogP) is 1.57. The highest BCUT2D eigenvalue weighted by molar-refractivity contribution is 6.38. The monoisotopic (exact) mass is 235 g/mol. The summed E-state index contributed by atoms with van der Waals surface area (Å²) in [5.41, 5.74) is 0.823. The lowest BCUT2D eigenvalue weighted by Crippen LogP contribution is -2.08. The van der Waals surface area contributed by atoms with Crippen molar-refractivity contribution in [2.75, 3.05) is 0 Å². The van der Waals surface area contributed by atoms with Crippen LogP contribution in [0.4, 0.5) is 5.69 Å². The molecule has 1 aromatic rings. The number of carbonyl (C=O) groups excluding carboxylic acids is 1. The van der Waals surface area contributed by atoms with Gasteiger partial charge in [0, 0.05) is 11.6 Å². The number of ketones is 1. The van der Waals surface area contributed by atoms with Crippen LogP contribution in [-0.2, 0) is 9.59 Å². The number of carbonyl (C=O) groups is 2. The Morgan fingerprint density at radius 2 is 2.06 bits per heavy atom. The lowest BCUT2D eigenvalue weighted by atomic mass is 10.1. The van der Waals surface area contributed by atoms with Gasteiger partial charge in [-0.3, -0.25) is 14.9 Å². The molecule has 6 heteroatoms. The first-order chi connectivity index (χ1) is 7.91. The van der Waals surface area contributed by atoms with Gasteiger partial charge in [-0.15, -0.1) is 0 Å². The SMILES string of the molecule is Cc1ccc(/C=C/C(=O)C(=O)O)cc1[N+](=O)[O-]. The molecule has 0 unspecified atom stereocenters. The molecule has 0 atom stereocenters. The average Bonchev–Trinajstić information content (AvgIpc) is 2.26. The summed E-state index contributed by atoms with van der Waals surface area (Å²) in [6, 6.07) is 4.37. The number of nitro benzene ring substituents is 1. The lowest BCUT2D eigenvalue weighted by molar-refractivity contribution is -0.385. The predicted molar refractivity (Wildman–Crippen MR) is 59.5 cm³/mol. The Morgan fingerprint density at radius 3 is 2.59 bits per heavy atom. The molecule has 6 nitrogen and oxygen atoms in total. The fourth-order valence-electron chi connectivity index (χ4n) is 1.17. The number of aryl methyl sites for hydroxylation is 1. The van der Waals surface area contributed by atoms with Crippen LogP contribution in [-0.4, -0.2) is 21.8 Å². The van der Waals surface area contributed by atoms with Crippen molar-refractivity contribution in [1.82, 2.24) is 0 Å². The number of carboxylic acid groups (broad SMARTS) is 1. The van der Waals surface area contributed by atoms with Crippen molar-refractivity contribution >= 4 is 23.5 Å². The van der Waals surface area contributed by atoms with Crippen LogP contribution in [0.15, 0.2) is 24.3 Å². The van der Waals surface area contributed by atoms with E-state index >= 15 is 0 Å². The smallest absolute Gasteiger partial charge is 0.376 e. The molecule has 0 radical (unpaired) electrons. The van der Waals surface area contributed by atoms with Crippen LogP contribution in [0.2, 0.25) is 0 Å². The molecule has 0 heterocycles. The second-order valence-corrected chi connectivity index (χ2v) is 3.31. The number of aliphatic carboxylic acids is 1. The summed E-state index contributed by atoms with van der Waals surface area (Å²) in [5.74, 6) is -2.64. The second kappa shape index (κ2) is 5.02. The summed E-state index contributed by atoms with van der Waals surface area (Å²) in [6.45, 7) is 1.59. The van der Waals surface area contributed by atoms with Crippen molar-refractivity contribution < 1.29 is 19.6 Å². The molecule has 0 bridgehead atoms. The van der Waals surface area contributed by atoms with Crippen molar-refractivity contribution in [3.05, 3.63) is 45.5 Å². The number of rotatable bonds is 4. The van der Waals surface area contributed by atoms with Gasteiger partial charge in [-0.25, -0.2) is 4.79 Å². The summed E-state index contributed by atoms with van der Waals surface area (Å²) in [5, 5.41) is 19.0. The van der Waals surface area contributed by atoms with Crippen LogP contribution in [0, 0.1) is 17.0 Å².